The lowest BCUT2D eigenvalue weighted by Gasteiger charge is -1.88. The van der Waals surface area contributed by atoms with Gasteiger partial charge in [0.25, 0.3) is 0 Å². The average molecular weight is 229 g/mol. The Morgan fingerprint density at radius 1 is 0.750 bits per heavy atom. The van der Waals surface area contributed by atoms with E-state index in [-0.39, 0.29) is 7.69 Å². The Labute approximate surface area is 98.1 Å². The van der Waals surface area contributed by atoms with Gasteiger partial charge in [-0.1, -0.05) is 36.4 Å². The van der Waals surface area contributed by atoms with Crippen LogP contribution in [0.2, 0.25) is 0 Å². The molecule has 2 N–H and O–H groups in total. The van der Waals surface area contributed by atoms with Crippen molar-refractivity contribution in [3.8, 4) is 0 Å². The summed E-state index contributed by atoms with van der Waals surface area (Å²) in [4.78, 5) is 0. The van der Waals surface area contributed by atoms with E-state index in [0.29, 0.717) is 0 Å². The number of rotatable bonds is 0. The molecule has 1 radical (unpaired) electrons. The maximum atomic E-state index is 7.00. The van der Waals surface area contributed by atoms with E-state index < -0.39 is 0 Å². The number of fused-ring (bicyclic) bond motifs is 3. The summed E-state index contributed by atoms with van der Waals surface area (Å²) in [5, 5.41) is 16.8. The number of benzene rings is 2. The van der Waals surface area contributed by atoms with E-state index in [0.717, 1.165) is 0 Å². The lowest BCUT2D eigenvalue weighted by atomic mass is 10.2. The van der Waals surface area contributed by atoms with Crippen LogP contribution >= 0.6 is 11.3 Å². The Kier molecular flexibility index (Phi) is 3.56. The molecular formula is C12H10BO2S. The quantitative estimate of drug-likeness (QED) is 0.581. The normalized spacial score (nSPS) is 9.88. The highest BCUT2D eigenvalue weighted by Gasteiger charge is 2.01. The molecule has 2 nitrogen and oxygen atoms in total. The average Bonchev–Trinajstić information content (AvgIpc) is 2.68. The van der Waals surface area contributed by atoms with E-state index in [1.54, 1.807) is 0 Å². The van der Waals surface area contributed by atoms with Crippen molar-refractivity contribution in [3.05, 3.63) is 48.5 Å². The summed E-state index contributed by atoms with van der Waals surface area (Å²) >= 11 is 1.86. The van der Waals surface area contributed by atoms with Gasteiger partial charge in [0.05, 0.1) is 0 Å². The summed E-state index contributed by atoms with van der Waals surface area (Å²) in [7, 11) is 0. The molecule has 16 heavy (non-hydrogen) atoms. The fourth-order valence-corrected chi connectivity index (χ4v) is 2.78. The van der Waals surface area contributed by atoms with E-state index in [2.05, 4.69) is 48.5 Å². The van der Waals surface area contributed by atoms with Crippen molar-refractivity contribution in [3.63, 3.8) is 0 Å². The predicted molar refractivity (Wildman–Crippen MR) is 69.5 cm³/mol. The van der Waals surface area contributed by atoms with Crippen LogP contribution in [0.25, 0.3) is 20.2 Å². The van der Waals surface area contributed by atoms with Crippen LogP contribution in [0, 0.1) is 0 Å². The van der Waals surface area contributed by atoms with Gasteiger partial charge in [-0.05, 0) is 12.1 Å². The van der Waals surface area contributed by atoms with E-state index in [9.17, 15) is 0 Å². The van der Waals surface area contributed by atoms with Crippen molar-refractivity contribution in [2.75, 3.05) is 0 Å². The van der Waals surface area contributed by atoms with Crippen LogP contribution in [0.3, 0.4) is 0 Å². The molecule has 1 heterocycles. The van der Waals surface area contributed by atoms with Gasteiger partial charge in [0.15, 0.2) is 0 Å². The van der Waals surface area contributed by atoms with Gasteiger partial charge in [-0.15, -0.1) is 11.3 Å². The molecule has 0 bridgehead atoms. The zero-order chi connectivity index (χ0) is 11.4. The van der Waals surface area contributed by atoms with Gasteiger partial charge in [-0.2, -0.15) is 0 Å². The Hall–Kier alpha value is -1.36. The molecule has 0 unspecified atom stereocenters. The monoisotopic (exact) mass is 229 g/mol. The third kappa shape index (κ3) is 2.09. The fraction of sp³-hybridized carbons (Fsp3) is 0. The van der Waals surface area contributed by atoms with Crippen LogP contribution in [0.5, 0.6) is 0 Å². The van der Waals surface area contributed by atoms with Gasteiger partial charge < -0.3 is 10.0 Å². The molecule has 0 saturated carbocycles. The summed E-state index contributed by atoms with van der Waals surface area (Å²) in [6, 6.07) is 17.1. The Morgan fingerprint density at radius 2 is 1.12 bits per heavy atom. The highest BCUT2D eigenvalue weighted by Crippen LogP contribution is 2.32. The van der Waals surface area contributed by atoms with E-state index in [4.69, 9.17) is 10.0 Å². The molecular weight excluding hydrogens is 219 g/mol. The standard InChI is InChI=1S/C12H8S.BH2O2/c1-3-7-11-9(5-1)10-6-2-4-8-12(10)13-11;2-1-3/h1-8H;2-3H. The van der Waals surface area contributed by atoms with Crippen LogP contribution < -0.4 is 0 Å². The maximum Gasteiger partial charge on any atom is 0.482 e. The van der Waals surface area contributed by atoms with Gasteiger partial charge in [-0.25, -0.2) is 0 Å². The second kappa shape index (κ2) is 5.12. The zero-order valence-corrected chi connectivity index (χ0v) is 9.32. The summed E-state index contributed by atoms with van der Waals surface area (Å²) in [6.07, 6.45) is 0. The van der Waals surface area contributed by atoms with Gasteiger partial charge in [0.2, 0.25) is 0 Å². The first kappa shape index (κ1) is 11.1. The van der Waals surface area contributed by atoms with Crippen LogP contribution in [-0.2, 0) is 0 Å². The largest absolute Gasteiger partial charge is 0.482 e. The van der Waals surface area contributed by atoms with Crippen molar-refractivity contribution in [2.45, 2.75) is 0 Å². The van der Waals surface area contributed by atoms with E-state index in [1.807, 2.05) is 11.3 Å². The summed E-state index contributed by atoms with van der Waals surface area (Å²) in [6.45, 7) is 0. The Balaban J connectivity index is 0.000000292. The van der Waals surface area contributed by atoms with Crippen LogP contribution in [-0.4, -0.2) is 17.7 Å². The lowest BCUT2D eigenvalue weighted by Crippen LogP contribution is -1.75. The summed E-state index contributed by atoms with van der Waals surface area (Å²) < 4.78 is 2.76. The molecule has 3 rings (SSSR count). The highest BCUT2D eigenvalue weighted by molar-refractivity contribution is 7.25. The topological polar surface area (TPSA) is 40.5 Å². The summed E-state index contributed by atoms with van der Waals surface area (Å²) in [5.41, 5.74) is 0. The van der Waals surface area contributed by atoms with Gasteiger partial charge in [0.1, 0.15) is 0 Å². The maximum absolute atomic E-state index is 7.00. The Morgan fingerprint density at radius 3 is 1.56 bits per heavy atom. The van der Waals surface area contributed by atoms with Crippen LogP contribution in [0.4, 0.5) is 0 Å². The first-order chi connectivity index (χ1) is 7.86. The van der Waals surface area contributed by atoms with Gasteiger partial charge in [0, 0.05) is 20.2 Å². The third-order valence-corrected chi connectivity index (χ3v) is 3.44. The van der Waals surface area contributed by atoms with Crippen molar-refractivity contribution in [1.29, 1.82) is 0 Å². The van der Waals surface area contributed by atoms with Crippen molar-refractivity contribution >= 4 is 39.2 Å². The summed E-state index contributed by atoms with van der Waals surface area (Å²) in [5.74, 6) is 0. The highest BCUT2D eigenvalue weighted by atomic mass is 32.1. The molecule has 0 spiro atoms. The van der Waals surface area contributed by atoms with E-state index in [1.165, 1.54) is 20.2 Å². The fourth-order valence-electron chi connectivity index (χ4n) is 1.67. The molecule has 3 aromatic rings. The first-order valence-corrected chi connectivity index (χ1v) is 5.65. The zero-order valence-electron chi connectivity index (χ0n) is 8.50. The molecule has 0 aliphatic heterocycles. The molecule has 0 atom stereocenters. The molecule has 0 aliphatic carbocycles. The number of hydrogen-bond donors (Lipinski definition) is 2. The molecule has 2 aromatic carbocycles. The minimum absolute atomic E-state index is 0. The minimum Gasteiger partial charge on any atom is -0.429 e. The molecule has 0 amide bonds. The van der Waals surface area contributed by atoms with Crippen LogP contribution in [0.15, 0.2) is 48.5 Å². The molecule has 0 fully saturated rings. The molecule has 0 aliphatic rings. The first-order valence-electron chi connectivity index (χ1n) is 4.83. The smallest absolute Gasteiger partial charge is 0.429 e. The van der Waals surface area contributed by atoms with Crippen molar-refractivity contribution in [1.82, 2.24) is 0 Å². The van der Waals surface area contributed by atoms with Crippen molar-refractivity contribution in [2.24, 2.45) is 0 Å². The predicted octanol–water partition coefficient (Wildman–Crippen LogP) is 2.56. The van der Waals surface area contributed by atoms with Crippen molar-refractivity contribution < 1.29 is 10.0 Å². The SMILES string of the molecule is O[B]O.c1ccc2c(c1)sc1ccccc12. The number of thiophene rings is 1. The van der Waals surface area contributed by atoms with Gasteiger partial charge >= 0.3 is 7.69 Å². The minimum atomic E-state index is 0. The van der Waals surface area contributed by atoms with E-state index >= 15 is 0 Å². The second-order valence-corrected chi connectivity index (χ2v) is 4.29. The molecule has 4 heteroatoms. The van der Waals surface area contributed by atoms with Gasteiger partial charge in [-0.3, -0.25) is 0 Å². The molecule has 1 aromatic heterocycles. The number of hydrogen-bond acceptors (Lipinski definition) is 3. The third-order valence-electron chi connectivity index (χ3n) is 2.28. The molecule has 79 valence electrons. The van der Waals surface area contributed by atoms with Crippen LogP contribution in [0.1, 0.15) is 0 Å². The Bertz CT molecular complexity index is 541. The molecule has 0 saturated heterocycles. The lowest BCUT2D eigenvalue weighted by molar-refractivity contribution is 0.448. The second-order valence-electron chi connectivity index (χ2n) is 3.21.